The first kappa shape index (κ1) is 14.5. The third kappa shape index (κ3) is 2.65. The standard InChI is InChI=1S/C19H19N5/c1-14-17(22-19-20-12-13-21-19)18(15-8-4-2-5-9-15)24(23-14)16-10-6-3-7-11-16/h2-11H,12-13H2,1H3,(H2,20,21,22). The number of anilines is 1. The normalized spacial score (nSPS) is 13.5. The fraction of sp³-hybridized carbons (Fsp3) is 0.158. The molecule has 5 nitrogen and oxygen atoms in total. The van der Waals surface area contributed by atoms with Gasteiger partial charge in [-0.2, -0.15) is 5.10 Å². The summed E-state index contributed by atoms with van der Waals surface area (Å²) in [6.45, 7) is 3.69. The molecule has 0 spiro atoms. The number of para-hydroxylation sites is 1. The lowest BCUT2D eigenvalue weighted by molar-refractivity contribution is 0.869. The lowest BCUT2D eigenvalue weighted by Gasteiger charge is -2.12. The molecule has 24 heavy (non-hydrogen) atoms. The van der Waals surface area contributed by atoms with Crippen LogP contribution in [0.1, 0.15) is 5.69 Å². The van der Waals surface area contributed by atoms with Crippen LogP contribution >= 0.6 is 0 Å². The highest BCUT2D eigenvalue weighted by molar-refractivity contribution is 5.98. The molecule has 4 rings (SSSR count). The van der Waals surface area contributed by atoms with Crippen LogP contribution in [0.5, 0.6) is 0 Å². The Morgan fingerprint density at radius 2 is 1.71 bits per heavy atom. The van der Waals surface area contributed by atoms with E-state index in [4.69, 9.17) is 5.10 Å². The molecular formula is C19H19N5. The van der Waals surface area contributed by atoms with Crippen molar-refractivity contribution < 1.29 is 0 Å². The van der Waals surface area contributed by atoms with Crippen LogP contribution in [-0.4, -0.2) is 28.8 Å². The van der Waals surface area contributed by atoms with E-state index in [0.29, 0.717) is 0 Å². The number of aromatic nitrogens is 2. The van der Waals surface area contributed by atoms with Crippen molar-refractivity contribution in [3.05, 3.63) is 66.4 Å². The van der Waals surface area contributed by atoms with E-state index in [9.17, 15) is 0 Å². The van der Waals surface area contributed by atoms with Crippen molar-refractivity contribution in [2.75, 3.05) is 18.4 Å². The molecule has 1 aromatic heterocycles. The second-order valence-corrected chi connectivity index (χ2v) is 5.70. The Balaban J connectivity index is 1.88. The molecule has 0 unspecified atom stereocenters. The summed E-state index contributed by atoms with van der Waals surface area (Å²) in [5, 5.41) is 11.5. The second kappa shape index (κ2) is 6.20. The van der Waals surface area contributed by atoms with E-state index in [2.05, 4.69) is 39.9 Å². The molecule has 1 aliphatic heterocycles. The van der Waals surface area contributed by atoms with Crippen molar-refractivity contribution >= 4 is 11.6 Å². The molecule has 0 bridgehead atoms. The maximum Gasteiger partial charge on any atom is 0.196 e. The topological polar surface area (TPSA) is 54.2 Å². The number of nitrogens with one attached hydrogen (secondary N) is 2. The summed E-state index contributed by atoms with van der Waals surface area (Å²) >= 11 is 0. The molecule has 1 aliphatic rings. The summed E-state index contributed by atoms with van der Waals surface area (Å²) in [4.78, 5) is 4.45. The summed E-state index contributed by atoms with van der Waals surface area (Å²) in [7, 11) is 0. The highest BCUT2D eigenvalue weighted by Crippen LogP contribution is 2.33. The number of hydrogen-bond acceptors (Lipinski definition) is 4. The van der Waals surface area contributed by atoms with Crippen LogP contribution in [0.25, 0.3) is 16.9 Å². The van der Waals surface area contributed by atoms with Crippen LogP contribution in [0, 0.1) is 6.92 Å². The number of hydrogen-bond donors (Lipinski definition) is 2. The molecule has 0 saturated heterocycles. The van der Waals surface area contributed by atoms with Crippen molar-refractivity contribution in [2.24, 2.45) is 4.99 Å². The molecule has 0 fully saturated rings. The smallest absolute Gasteiger partial charge is 0.196 e. The molecule has 2 N–H and O–H groups in total. The molecule has 0 amide bonds. The van der Waals surface area contributed by atoms with Gasteiger partial charge in [-0.15, -0.1) is 0 Å². The molecule has 2 aromatic carbocycles. The van der Waals surface area contributed by atoms with Gasteiger partial charge >= 0.3 is 0 Å². The van der Waals surface area contributed by atoms with Crippen LogP contribution in [-0.2, 0) is 0 Å². The van der Waals surface area contributed by atoms with Gasteiger partial charge in [-0.05, 0) is 19.1 Å². The van der Waals surface area contributed by atoms with Crippen LogP contribution in [0.15, 0.2) is 65.7 Å². The lowest BCUT2D eigenvalue weighted by Crippen LogP contribution is -2.26. The van der Waals surface area contributed by atoms with Gasteiger partial charge in [-0.25, -0.2) is 4.68 Å². The first-order chi connectivity index (χ1) is 11.8. The van der Waals surface area contributed by atoms with Crippen LogP contribution in [0.3, 0.4) is 0 Å². The van der Waals surface area contributed by atoms with Crippen molar-refractivity contribution in [1.29, 1.82) is 0 Å². The summed E-state index contributed by atoms with van der Waals surface area (Å²) in [5.74, 6) is 0.808. The predicted molar refractivity (Wildman–Crippen MR) is 97.7 cm³/mol. The minimum atomic E-state index is 0.800. The highest BCUT2D eigenvalue weighted by atomic mass is 15.3. The number of rotatable bonds is 3. The van der Waals surface area contributed by atoms with E-state index < -0.39 is 0 Å². The molecule has 0 aliphatic carbocycles. The van der Waals surface area contributed by atoms with Gasteiger partial charge in [0.05, 0.1) is 29.3 Å². The largest absolute Gasteiger partial charge is 0.354 e. The van der Waals surface area contributed by atoms with E-state index >= 15 is 0 Å². The van der Waals surface area contributed by atoms with Crippen molar-refractivity contribution in [2.45, 2.75) is 6.92 Å². The quantitative estimate of drug-likeness (QED) is 0.780. The summed E-state index contributed by atoms with van der Waals surface area (Å²) in [6.07, 6.45) is 0. The first-order valence-corrected chi connectivity index (χ1v) is 8.09. The Hall–Kier alpha value is -3.08. The maximum absolute atomic E-state index is 4.77. The van der Waals surface area contributed by atoms with Gasteiger partial charge in [0, 0.05) is 12.1 Å². The molecular weight excluding hydrogens is 298 g/mol. The lowest BCUT2D eigenvalue weighted by atomic mass is 10.1. The van der Waals surface area contributed by atoms with Crippen LogP contribution < -0.4 is 10.6 Å². The number of aryl methyl sites for hydroxylation is 1. The fourth-order valence-electron chi connectivity index (χ4n) is 2.90. The molecule has 0 radical (unpaired) electrons. The predicted octanol–water partition coefficient (Wildman–Crippen LogP) is 3.22. The van der Waals surface area contributed by atoms with Crippen molar-refractivity contribution in [1.82, 2.24) is 15.1 Å². The Labute approximate surface area is 141 Å². The van der Waals surface area contributed by atoms with Crippen LogP contribution in [0.4, 0.5) is 5.69 Å². The minimum Gasteiger partial charge on any atom is -0.354 e. The zero-order valence-corrected chi connectivity index (χ0v) is 13.5. The highest BCUT2D eigenvalue weighted by Gasteiger charge is 2.20. The molecule has 0 saturated carbocycles. The monoisotopic (exact) mass is 317 g/mol. The number of nitrogens with zero attached hydrogens (tertiary/aromatic N) is 3. The minimum absolute atomic E-state index is 0.800. The van der Waals surface area contributed by atoms with E-state index in [1.807, 2.05) is 48.0 Å². The SMILES string of the molecule is Cc1nn(-c2ccccc2)c(-c2ccccc2)c1NC1=NCCN1. The first-order valence-electron chi connectivity index (χ1n) is 8.09. The van der Waals surface area contributed by atoms with Gasteiger partial charge in [0.2, 0.25) is 0 Å². The maximum atomic E-state index is 4.77. The number of aliphatic imine (C=N–C) groups is 1. The summed E-state index contributed by atoms with van der Waals surface area (Å²) in [6, 6.07) is 20.5. The molecule has 0 atom stereocenters. The van der Waals surface area contributed by atoms with Crippen molar-refractivity contribution in [3.63, 3.8) is 0 Å². The molecule has 5 heteroatoms. The molecule has 120 valence electrons. The average Bonchev–Trinajstić information content (AvgIpc) is 3.25. The number of benzene rings is 2. The van der Waals surface area contributed by atoms with Gasteiger partial charge in [-0.3, -0.25) is 4.99 Å². The van der Waals surface area contributed by atoms with E-state index in [0.717, 1.165) is 47.4 Å². The Kier molecular flexibility index (Phi) is 3.75. The number of guanidine groups is 1. The Bertz CT molecular complexity index is 866. The third-order valence-electron chi connectivity index (χ3n) is 4.03. The molecule has 3 aromatic rings. The van der Waals surface area contributed by atoms with E-state index in [1.165, 1.54) is 0 Å². The summed E-state index contributed by atoms with van der Waals surface area (Å²) in [5.41, 5.74) is 5.11. The summed E-state index contributed by atoms with van der Waals surface area (Å²) < 4.78 is 1.99. The molecule has 2 heterocycles. The third-order valence-corrected chi connectivity index (χ3v) is 4.03. The van der Waals surface area contributed by atoms with E-state index in [1.54, 1.807) is 0 Å². The van der Waals surface area contributed by atoms with Gasteiger partial charge in [0.15, 0.2) is 5.96 Å². The van der Waals surface area contributed by atoms with E-state index in [-0.39, 0.29) is 0 Å². The van der Waals surface area contributed by atoms with Gasteiger partial charge in [0.25, 0.3) is 0 Å². The van der Waals surface area contributed by atoms with Crippen molar-refractivity contribution in [3.8, 4) is 16.9 Å². The van der Waals surface area contributed by atoms with Gasteiger partial charge in [-0.1, -0.05) is 48.5 Å². The van der Waals surface area contributed by atoms with Gasteiger partial charge < -0.3 is 10.6 Å². The Morgan fingerprint density at radius 1 is 1.00 bits per heavy atom. The zero-order valence-electron chi connectivity index (χ0n) is 13.5. The average molecular weight is 317 g/mol. The second-order valence-electron chi connectivity index (χ2n) is 5.70. The van der Waals surface area contributed by atoms with Crippen LogP contribution in [0.2, 0.25) is 0 Å². The fourth-order valence-corrected chi connectivity index (χ4v) is 2.90. The zero-order chi connectivity index (χ0) is 16.4. The van der Waals surface area contributed by atoms with Gasteiger partial charge in [0.1, 0.15) is 0 Å². The Morgan fingerprint density at radius 3 is 2.38 bits per heavy atom.